The third-order valence-electron chi connectivity index (χ3n) is 8.85. The van der Waals surface area contributed by atoms with Crippen LogP contribution in [0.25, 0.3) is 0 Å². The molecule has 0 heterocycles. The van der Waals surface area contributed by atoms with Gasteiger partial charge in [0.2, 0.25) is 0 Å². The molecule has 4 rings (SSSR count). The lowest BCUT2D eigenvalue weighted by Crippen LogP contribution is -2.37. The molecule has 0 aromatic heterocycles. The zero-order valence-electron chi connectivity index (χ0n) is 29.1. The normalized spacial score (nSPS) is 11.2. The molecule has 0 atom stereocenters. The highest BCUT2D eigenvalue weighted by Gasteiger charge is 2.27. The third kappa shape index (κ3) is 8.33. The van der Waals surface area contributed by atoms with Crippen molar-refractivity contribution in [1.82, 2.24) is 0 Å². The fraction of sp³-hybridized carbons (Fsp3) is 0.359. The highest BCUT2D eigenvalue weighted by atomic mass is 16.6. The second-order valence-corrected chi connectivity index (χ2v) is 13.3. The first kappa shape index (κ1) is 37.5. The van der Waals surface area contributed by atoms with E-state index in [4.69, 9.17) is 15.0 Å². The summed E-state index contributed by atoms with van der Waals surface area (Å²) in [4.78, 5) is 8.33. The van der Waals surface area contributed by atoms with Crippen LogP contribution in [-0.4, -0.2) is 26.6 Å². The average molecular weight is 629 g/mol. The molecule has 0 saturated carbocycles. The summed E-state index contributed by atoms with van der Waals surface area (Å²) < 4.78 is 0. The van der Waals surface area contributed by atoms with Crippen LogP contribution in [0.3, 0.4) is 0 Å². The minimum absolute atomic E-state index is 0.188. The molecule has 0 aliphatic heterocycles. The molecule has 4 aromatic carbocycles. The van der Waals surface area contributed by atoms with E-state index in [0.717, 1.165) is 44.5 Å². The predicted octanol–water partition coefficient (Wildman–Crippen LogP) is 6.87. The fourth-order valence-electron chi connectivity index (χ4n) is 5.60. The van der Waals surface area contributed by atoms with Gasteiger partial charge in [0.05, 0.1) is 0 Å². The number of aromatic hydroxyl groups is 4. The molecule has 0 fully saturated rings. The van der Waals surface area contributed by atoms with Crippen LogP contribution in [0.5, 0.6) is 23.0 Å². The van der Waals surface area contributed by atoms with Crippen molar-refractivity contribution in [2.24, 2.45) is 0 Å². The Balaban J connectivity index is 0.000000287. The Hall–Kier alpha value is -4.65. The summed E-state index contributed by atoms with van der Waals surface area (Å²) in [5.41, 5.74) is 11.4. The topological polar surface area (TPSA) is 144 Å². The molecule has 0 aliphatic rings. The van der Waals surface area contributed by atoms with Gasteiger partial charge in [-0.3, -0.25) is 0 Å². The Labute approximate surface area is 273 Å². The molecular weight excluding hydrogens is 580 g/mol. The fourth-order valence-corrected chi connectivity index (χ4v) is 5.60. The smallest absolute Gasteiger partial charge is 0.121 e. The second-order valence-electron chi connectivity index (χ2n) is 13.3. The van der Waals surface area contributed by atoms with Gasteiger partial charge in [-0.25, -0.2) is 0 Å². The number of carboxylic acid groups (broad SMARTS) is 2. The van der Waals surface area contributed by atoms with E-state index in [1.807, 2.05) is 104 Å². The highest BCUT2D eigenvalue weighted by Crippen LogP contribution is 2.39. The van der Waals surface area contributed by atoms with Gasteiger partial charge >= 0.3 is 0 Å². The van der Waals surface area contributed by atoms with Crippen LogP contribution < -0.4 is 10.2 Å². The molecule has 0 spiro atoms. The van der Waals surface area contributed by atoms with E-state index in [1.165, 1.54) is 22.3 Å². The molecule has 4 N–H and O–H groups in total. The van der Waals surface area contributed by atoms with Crippen molar-refractivity contribution >= 4 is 6.16 Å². The summed E-state index contributed by atoms with van der Waals surface area (Å²) >= 11 is 0. The Morgan fingerprint density at radius 3 is 0.630 bits per heavy atom. The van der Waals surface area contributed by atoms with E-state index in [-0.39, 0.29) is 10.8 Å². The Morgan fingerprint density at radius 1 is 0.413 bits per heavy atom. The molecule has 0 amide bonds. The number of rotatable bonds is 4. The number of carbonyl (C=O) groups is 1. The predicted molar refractivity (Wildman–Crippen MR) is 180 cm³/mol. The first-order chi connectivity index (χ1) is 21.0. The molecule has 0 bridgehead atoms. The summed E-state index contributed by atoms with van der Waals surface area (Å²) in [6.07, 6.45) is -2.33. The van der Waals surface area contributed by atoms with Gasteiger partial charge in [0, 0.05) is 10.8 Å². The molecule has 4 aromatic rings. The second kappa shape index (κ2) is 14.2. The van der Waals surface area contributed by atoms with Crippen molar-refractivity contribution in [3.05, 3.63) is 115 Å². The number of benzene rings is 4. The highest BCUT2D eigenvalue weighted by molar-refractivity contribution is 5.53. The van der Waals surface area contributed by atoms with Gasteiger partial charge in [0.1, 0.15) is 23.0 Å². The minimum atomic E-state index is -2.33. The van der Waals surface area contributed by atoms with Crippen LogP contribution >= 0.6 is 0 Å². The standard InChI is InChI=1S/2C19H24O2.CH2O3/c2*1-11-7-15(8-12(2)17(11)20)19(5,6)16-9-13(3)18(21)14(4)10-16;2-1(3)4/h2*7-10,20-21H,1-6H3;(H2,2,3,4)/p-2. The van der Waals surface area contributed by atoms with E-state index in [9.17, 15) is 20.4 Å². The molecule has 7 nitrogen and oxygen atoms in total. The summed E-state index contributed by atoms with van der Waals surface area (Å²) in [6, 6.07) is 16.3. The largest absolute Gasteiger partial charge is 0.652 e. The quantitative estimate of drug-likeness (QED) is 0.193. The van der Waals surface area contributed by atoms with E-state index < -0.39 is 6.16 Å². The molecule has 46 heavy (non-hydrogen) atoms. The van der Waals surface area contributed by atoms with Gasteiger partial charge in [0.25, 0.3) is 0 Å². The molecule has 0 unspecified atom stereocenters. The van der Waals surface area contributed by atoms with Crippen LogP contribution in [0.2, 0.25) is 0 Å². The molecule has 0 aliphatic carbocycles. The number of phenols is 4. The van der Waals surface area contributed by atoms with Gasteiger partial charge in [-0.05, 0) is 128 Å². The maximum atomic E-state index is 9.96. The SMILES string of the molecule is Cc1cc(C(C)(C)c2cc(C)c(O)c(C)c2)cc(C)c1O.Cc1cc(C(C)(C)c2cc(C)c(O)c(C)c2)cc(C)c1O.O=C([O-])[O-]. The van der Waals surface area contributed by atoms with Crippen molar-refractivity contribution in [2.75, 3.05) is 0 Å². The lowest BCUT2D eigenvalue weighted by Gasteiger charge is -2.28. The molecule has 0 radical (unpaired) electrons. The van der Waals surface area contributed by atoms with Gasteiger partial charge in [-0.1, -0.05) is 76.2 Å². The van der Waals surface area contributed by atoms with Crippen LogP contribution in [0.1, 0.15) is 94.5 Å². The monoisotopic (exact) mass is 628 g/mol. The van der Waals surface area contributed by atoms with Crippen LogP contribution in [0.4, 0.5) is 4.79 Å². The zero-order chi connectivity index (χ0) is 35.5. The Bertz CT molecular complexity index is 1410. The average Bonchev–Trinajstić information content (AvgIpc) is 2.95. The summed E-state index contributed by atoms with van der Waals surface area (Å²) in [5.74, 6) is 1.47. The molecule has 0 saturated heterocycles. The lowest BCUT2D eigenvalue weighted by atomic mass is 9.76. The first-order valence-electron chi connectivity index (χ1n) is 15.1. The van der Waals surface area contributed by atoms with E-state index >= 15 is 0 Å². The molecule has 248 valence electrons. The maximum Gasteiger partial charge on any atom is 0.121 e. The van der Waals surface area contributed by atoms with Crippen molar-refractivity contribution in [3.63, 3.8) is 0 Å². The van der Waals surface area contributed by atoms with E-state index in [2.05, 4.69) is 27.7 Å². The molecule has 7 heteroatoms. The van der Waals surface area contributed by atoms with Gasteiger partial charge in [0.15, 0.2) is 0 Å². The zero-order valence-corrected chi connectivity index (χ0v) is 29.1. The van der Waals surface area contributed by atoms with Crippen LogP contribution in [0, 0.1) is 55.4 Å². The number of phenolic OH excluding ortho intramolecular Hbond substituents is 4. The van der Waals surface area contributed by atoms with Gasteiger partial charge in [-0.2, -0.15) is 0 Å². The summed E-state index contributed by atoms with van der Waals surface area (Å²) in [6.45, 7) is 24.1. The lowest BCUT2D eigenvalue weighted by molar-refractivity contribution is -0.415. The maximum absolute atomic E-state index is 9.96. The van der Waals surface area contributed by atoms with Crippen molar-refractivity contribution < 1.29 is 35.4 Å². The van der Waals surface area contributed by atoms with E-state index in [1.54, 1.807) is 0 Å². The Kier molecular flexibility index (Phi) is 11.6. The van der Waals surface area contributed by atoms with Crippen molar-refractivity contribution in [2.45, 2.75) is 93.9 Å². The number of carbonyl (C=O) groups excluding carboxylic acids is 1. The minimum Gasteiger partial charge on any atom is -0.652 e. The number of hydrogen-bond donors (Lipinski definition) is 4. The van der Waals surface area contributed by atoms with Crippen molar-refractivity contribution in [3.8, 4) is 23.0 Å². The molecular formula is C39H48O7-2. The number of hydrogen-bond acceptors (Lipinski definition) is 7. The first-order valence-corrected chi connectivity index (χ1v) is 15.1. The number of aryl methyl sites for hydroxylation is 8. The van der Waals surface area contributed by atoms with Gasteiger partial charge in [-0.15, -0.1) is 0 Å². The van der Waals surface area contributed by atoms with Crippen molar-refractivity contribution in [1.29, 1.82) is 0 Å². The van der Waals surface area contributed by atoms with Crippen LogP contribution in [-0.2, 0) is 10.8 Å². The van der Waals surface area contributed by atoms with E-state index in [0.29, 0.717) is 23.0 Å². The summed E-state index contributed by atoms with van der Waals surface area (Å²) in [7, 11) is 0. The van der Waals surface area contributed by atoms with Crippen LogP contribution in [0.15, 0.2) is 48.5 Å². The summed E-state index contributed by atoms with van der Waals surface area (Å²) in [5, 5.41) is 56.5. The van der Waals surface area contributed by atoms with Gasteiger partial charge < -0.3 is 35.4 Å². The Morgan fingerprint density at radius 2 is 0.522 bits per heavy atom. The third-order valence-corrected chi connectivity index (χ3v) is 8.85.